The van der Waals surface area contributed by atoms with Gasteiger partial charge >= 0.3 is 0 Å². The van der Waals surface area contributed by atoms with Crippen LogP contribution in [0.1, 0.15) is 110 Å². The van der Waals surface area contributed by atoms with Crippen molar-refractivity contribution in [3.05, 3.63) is 12.7 Å². The van der Waals surface area contributed by atoms with Crippen LogP contribution in [0.3, 0.4) is 0 Å². The van der Waals surface area contributed by atoms with E-state index in [1.165, 1.54) is 109 Å². The summed E-state index contributed by atoms with van der Waals surface area (Å²) in [6.45, 7) is 6.11. The van der Waals surface area contributed by atoms with Gasteiger partial charge in [-0.1, -0.05) is 122 Å². The van der Waals surface area contributed by atoms with Crippen molar-refractivity contribution in [1.82, 2.24) is 0 Å². The lowest BCUT2D eigenvalue weighted by atomic mass is 10.0. The van der Waals surface area contributed by atoms with E-state index in [4.69, 9.17) is 0 Å². The minimum Gasteiger partial charge on any atom is -0.103 e. The fourth-order valence-corrected chi connectivity index (χ4v) is 4.47. The third kappa shape index (κ3) is 20.0. The van der Waals surface area contributed by atoms with E-state index in [-0.39, 0.29) is 9.52 Å². The summed E-state index contributed by atoms with van der Waals surface area (Å²) in [5.74, 6) is 0. The number of unbranched alkanes of at least 4 members (excludes halogenated alkanes) is 15. The second-order valence-corrected chi connectivity index (χ2v) is 9.08. The number of rotatable bonds is 19. The van der Waals surface area contributed by atoms with Gasteiger partial charge in [-0.15, -0.1) is 6.58 Å². The molecular formula is C21H44Si. The Kier molecular flexibility index (Phi) is 20.9. The second-order valence-electron chi connectivity index (χ2n) is 7.09. The molecule has 0 saturated heterocycles. The molecule has 132 valence electrons. The lowest BCUT2D eigenvalue weighted by Crippen LogP contribution is -1.87. The molecule has 0 unspecified atom stereocenters. The second kappa shape index (κ2) is 21.0. The molecule has 0 aromatic heterocycles. The monoisotopic (exact) mass is 324 g/mol. The third-order valence-corrected chi connectivity index (χ3v) is 6.58. The zero-order chi connectivity index (χ0) is 16.1. The molecule has 22 heavy (non-hydrogen) atoms. The van der Waals surface area contributed by atoms with Gasteiger partial charge in [0.25, 0.3) is 0 Å². The predicted octanol–water partition coefficient (Wildman–Crippen LogP) is 7.44. The van der Waals surface area contributed by atoms with Crippen LogP contribution in [0.25, 0.3) is 0 Å². The average Bonchev–Trinajstić information content (AvgIpc) is 2.54. The van der Waals surface area contributed by atoms with E-state index < -0.39 is 0 Å². The van der Waals surface area contributed by atoms with Crippen molar-refractivity contribution in [3.8, 4) is 0 Å². The van der Waals surface area contributed by atoms with Gasteiger partial charge < -0.3 is 0 Å². The Balaban J connectivity index is 2.92. The fourth-order valence-electron chi connectivity index (χ4n) is 3.19. The van der Waals surface area contributed by atoms with Gasteiger partial charge in [0.05, 0.1) is 0 Å². The highest BCUT2D eigenvalue weighted by atomic mass is 28.2. The van der Waals surface area contributed by atoms with Crippen molar-refractivity contribution < 1.29 is 0 Å². The maximum absolute atomic E-state index is 3.81. The minimum atomic E-state index is 0.229. The maximum atomic E-state index is 3.81. The number of allylic oxidation sites excluding steroid dienone is 1. The standard InChI is InChI=1S/C21H44Si/c1-3-5-6-7-8-9-10-11-12-13-14-15-16-17-18-19-21-22-20-4-2/h4H,2-3,5-22H2,1H3. The normalized spacial score (nSPS) is 11.5. The first-order chi connectivity index (χ1) is 10.9. The topological polar surface area (TPSA) is 0 Å². The van der Waals surface area contributed by atoms with E-state index in [2.05, 4.69) is 19.6 Å². The predicted molar refractivity (Wildman–Crippen MR) is 108 cm³/mol. The van der Waals surface area contributed by atoms with Crippen LogP contribution in [0.15, 0.2) is 12.7 Å². The summed E-state index contributed by atoms with van der Waals surface area (Å²) in [5.41, 5.74) is 0. The molecule has 0 N–H and O–H groups in total. The first-order valence-electron chi connectivity index (χ1n) is 10.5. The van der Waals surface area contributed by atoms with E-state index >= 15 is 0 Å². The Morgan fingerprint density at radius 3 is 1.32 bits per heavy atom. The molecule has 0 aliphatic carbocycles. The van der Waals surface area contributed by atoms with Crippen molar-refractivity contribution in [3.63, 3.8) is 0 Å². The first-order valence-corrected chi connectivity index (χ1v) is 12.5. The van der Waals surface area contributed by atoms with Crippen LogP contribution in [0.2, 0.25) is 12.1 Å². The molecule has 0 bridgehead atoms. The van der Waals surface area contributed by atoms with Crippen LogP contribution in [0.4, 0.5) is 0 Å². The van der Waals surface area contributed by atoms with Gasteiger partial charge in [0, 0.05) is 9.52 Å². The molecule has 0 aromatic rings. The molecule has 0 fully saturated rings. The number of hydrogen-bond donors (Lipinski definition) is 0. The van der Waals surface area contributed by atoms with E-state index in [1.807, 2.05) is 0 Å². The first kappa shape index (κ1) is 22.0. The van der Waals surface area contributed by atoms with Crippen LogP contribution < -0.4 is 0 Å². The van der Waals surface area contributed by atoms with Crippen molar-refractivity contribution in [2.45, 2.75) is 122 Å². The highest BCUT2D eigenvalue weighted by molar-refractivity contribution is 6.35. The Morgan fingerprint density at radius 2 is 0.955 bits per heavy atom. The highest BCUT2D eigenvalue weighted by Gasteiger charge is 1.94. The Morgan fingerprint density at radius 1 is 0.591 bits per heavy atom. The smallest absolute Gasteiger partial charge is 0.0239 e. The SMILES string of the molecule is C=CC[SiH2]CCCCCCCCCCCCCCCCCC. The molecule has 0 radical (unpaired) electrons. The molecule has 0 amide bonds. The largest absolute Gasteiger partial charge is 0.103 e. The quantitative estimate of drug-likeness (QED) is 0.131. The summed E-state index contributed by atoms with van der Waals surface area (Å²) in [7, 11) is 0.229. The van der Waals surface area contributed by atoms with Gasteiger partial charge in [-0.05, 0) is 6.04 Å². The Hall–Kier alpha value is -0.0431. The molecule has 0 aliphatic heterocycles. The van der Waals surface area contributed by atoms with Gasteiger partial charge in [-0.25, -0.2) is 0 Å². The number of hydrogen-bond acceptors (Lipinski definition) is 0. The maximum Gasteiger partial charge on any atom is 0.0239 e. The summed E-state index contributed by atoms with van der Waals surface area (Å²) in [4.78, 5) is 0. The summed E-state index contributed by atoms with van der Waals surface area (Å²) in [6.07, 6.45) is 25.7. The van der Waals surface area contributed by atoms with E-state index in [1.54, 1.807) is 6.04 Å². The Bertz CT molecular complexity index is 200. The molecule has 0 aromatic carbocycles. The van der Waals surface area contributed by atoms with Crippen molar-refractivity contribution in [2.75, 3.05) is 0 Å². The molecule has 0 saturated carbocycles. The zero-order valence-electron chi connectivity index (χ0n) is 15.7. The van der Waals surface area contributed by atoms with Crippen LogP contribution in [-0.4, -0.2) is 9.52 Å². The molecule has 0 aliphatic rings. The Labute approximate surface area is 144 Å². The van der Waals surface area contributed by atoms with Crippen LogP contribution in [0, 0.1) is 0 Å². The van der Waals surface area contributed by atoms with E-state index in [0.717, 1.165) is 0 Å². The molecular weight excluding hydrogens is 280 g/mol. The van der Waals surface area contributed by atoms with Gasteiger partial charge in [0.1, 0.15) is 0 Å². The lowest BCUT2D eigenvalue weighted by molar-refractivity contribution is 0.531. The highest BCUT2D eigenvalue weighted by Crippen LogP contribution is 2.14. The van der Waals surface area contributed by atoms with E-state index in [9.17, 15) is 0 Å². The molecule has 0 atom stereocenters. The summed E-state index contributed by atoms with van der Waals surface area (Å²) in [6, 6.07) is 2.89. The van der Waals surface area contributed by atoms with Gasteiger partial charge in [-0.2, -0.15) is 0 Å². The summed E-state index contributed by atoms with van der Waals surface area (Å²) < 4.78 is 0. The van der Waals surface area contributed by atoms with Crippen LogP contribution >= 0.6 is 0 Å². The fraction of sp³-hybridized carbons (Fsp3) is 0.905. The van der Waals surface area contributed by atoms with Crippen molar-refractivity contribution >= 4 is 9.52 Å². The molecule has 0 nitrogen and oxygen atoms in total. The summed E-state index contributed by atoms with van der Waals surface area (Å²) >= 11 is 0. The zero-order valence-corrected chi connectivity index (χ0v) is 17.1. The minimum absolute atomic E-state index is 0.229. The van der Waals surface area contributed by atoms with Crippen molar-refractivity contribution in [2.24, 2.45) is 0 Å². The van der Waals surface area contributed by atoms with Gasteiger partial charge in [0.15, 0.2) is 0 Å². The van der Waals surface area contributed by atoms with Crippen LogP contribution in [0.5, 0.6) is 0 Å². The molecule has 0 heterocycles. The van der Waals surface area contributed by atoms with Gasteiger partial charge in [-0.3, -0.25) is 0 Å². The molecule has 0 rings (SSSR count). The van der Waals surface area contributed by atoms with Gasteiger partial charge in [0.2, 0.25) is 0 Å². The average molecular weight is 325 g/mol. The third-order valence-electron chi connectivity index (χ3n) is 4.76. The lowest BCUT2D eigenvalue weighted by Gasteiger charge is -2.03. The molecule has 1 heteroatoms. The van der Waals surface area contributed by atoms with Crippen LogP contribution in [-0.2, 0) is 0 Å². The summed E-state index contributed by atoms with van der Waals surface area (Å²) in [5, 5.41) is 0. The van der Waals surface area contributed by atoms with Crippen molar-refractivity contribution in [1.29, 1.82) is 0 Å². The van der Waals surface area contributed by atoms with E-state index in [0.29, 0.717) is 0 Å². The molecule has 0 spiro atoms.